The Labute approximate surface area is 209 Å². The number of aromatic amines is 1. The molecular formula is C24H22N8O3S. The first-order valence-electron chi connectivity index (χ1n) is 11.3. The molecule has 1 aliphatic rings. The molecule has 1 amide bonds. The van der Waals surface area contributed by atoms with Crippen molar-refractivity contribution in [3.63, 3.8) is 0 Å². The predicted octanol–water partition coefficient (Wildman–Crippen LogP) is 3.35. The fraction of sp³-hybridized carbons (Fsp3) is 0.208. The van der Waals surface area contributed by atoms with Crippen LogP contribution in [0.3, 0.4) is 0 Å². The van der Waals surface area contributed by atoms with Gasteiger partial charge in [0.1, 0.15) is 5.82 Å². The molecule has 12 heteroatoms. The summed E-state index contributed by atoms with van der Waals surface area (Å²) in [6.45, 7) is 2.79. The number of hydrogen-bond donors (Lipinski definition) is 3. The summed E-state index contributed by atoms with van der Waals surface area (Å²) in [6, 6.07) is 11.3. The maximum Gasteiger partial charge on any atom is 0.276 e. The van der Waals surface area contributed by atoms with Gasteiger partial charge in [-0.25, -0.2) is 20.4 Å². The number of anilines is 3. The number of aromatic nitrogens is 5. The van der Waals surface area contributed by atoms with Gasteiger partial charge in [-0.05, 0) is 24.3 Å². The summed E-state index contributed by atoms with van der Waals surface area (Å²) < 4.78 is 6.56. The zero-order chi connectivity index (χ0) is 24.6. The number of H-pyrrole nitrogens is 1. The second kappa shape index (κ2) is 9.15. The second-order valence-electron chi connectivity index (χ2n) is 8.31. The molecule has 0 unspecified atom stereocenters. The summed E-state index contributed by atoms with van der Waals surface area (Å²) in [7, 11) is 1.91. The van der Waals surface area contributed by atoms with Gasteiger partial charge in [0, 0.05) is 37.3 Å². The smallest absolute Gasteiger partial charge is 0.276 e. The first kappa shape index (κ1) is 22.3. The van der Waals surface area contributed by atoms with Crippen LogP contribution in [0.4, 0.5) is 16.6 Å². The Morgan fingerprint density at radius 1 is 1.19 bits per heavy atom. The molecule has 0 bridgehead atoms. The van der Waals surface area contributed by atoms with Crippen molar-refractivity contribution < 1.29 is 14.7 Å². The number of thiophene rings is 1. The van der Waals surface area contributed by atoms with Crippen LogP contribution in [0, 0.1) is 0 Å². The van der Waals surface area contributed by atoms with Gasteiger partial charge in [-0.3, -0.25) is 15.1 Å². The summed E-state index contributed by atoms with van der Waals surface area (Å²) in [5.41, 5.74) is 4.57. The van der Waals surface area contributed by atoms with E-state index in [0.717, 1.165) is 50.6 Å². The molecule has 6 rings (SSSR count). The van der Waals surface area contributed by atoms with Gasteiger partial charge in [-0.15, -0.1) is 11.3 Å². The number of morpholine rings is 1. The Morgan fingerprint density at radius 3 is 2.83 bits per heavy atom. The second-order valence-corrected chi connectivity index (χ2v) is 9.34. The van der Waals surface area contributed by atoms with E-state index in [0.29, 0.717) is 24.9 Å². The maximum atomic E-state index is 11.6. The number of nitrogens with zero attached hydrogens (tertiary/aromatic N) is 6. The van der Waals surface area contributed by atoms with Crippen LogP contribution < -0.4 is 15.3 Å². The maximum absolute atomic E-state index is 11.6. The van der Waals surface area contributed by atoms with Crippen molar-refractivity contribution in [1.29, 1.82) is 0 Å². The van der Waals surface area contributed by atoms with Crippen molar-refractivity contribution in [1.82, 2.24) is 30.6 Å². The molecule has 36 heavy (non-hydrogen) atoms. The number of rotatable bonds is 5. The monoisotopic (exact) mass is 502 g/mol. The number of carbonyl (C=O) groups is 1. The van der Waals surface area contributed by atoms with Gasteiger partial charge in [0.05, 0.1) is 45.7 Å². The summed E-state index contributed by atoms with van der Waals surface area (Å²) >= 11 is 1.59. The van der Waals surface area contributed by atoms with Crippen LogP contribution in [0.5, 0.6) is 0 Å². The van der Waals surface area contributed by atoms with Crippen molar-refractivity contribution in [2.24, 2.45) is 0 Å². The molecule has 0 atom stereocenters. The lowest BCUT2D eigenvalue weighted by atomic mass is 10.1. The fourth-order valence-corrected chi connectivity index (χ4v) is 5.32. The van der Waals surface area contributed by atoms with Gasteiger partial charge in [0.15, 0.2) is 11.6 Å². The van der Waals surface area contributed by atoms with E-state index in [1.54, 1.807) is 35.1 Å². The third-order valence-corrected chi connectivity index (χ3v) is 7.36. The molecule has 11 nitrogen and oxygen atoms in total. The largest absolute Gasteiger partial charge is 0.378 e. The number of amides is 1. The highest BCUT2D eigenvalue weighted by molar-refractivity contribution is 7.23. The third kappa shape index (κ3) is 3.90. The Kier molecular flexibility index (Phi) is 5.68. The van der Waals surface area contributed by atoms with E-state index < -0.39 is 5.91 Å². The van der Waals surface area contributed by atoms with E-state index in [1.807, 2.05) is 36.2 Å². The zero-order valence-corrected chi connectivity index (χ0v) is 20.1. The van der Waals surface area contributed by atoms with Crippen molar-refractivity contribution >= 4 is 55.0 Å². The van der Waals surface area contributed by atoms with E-state index >= 15 is 0 Å². The Morgan fingerprint density at radius 2 is 2.06 bits per heavy atom. The predicted molar refractivity (Wildman–Crippen MR) is 137 cm³/mol. The molecule has 182 valence electrons. The SMILES string of the molecule is CN(c1ccc(C(=O)NO)cn1)c1cc2nc(-c3cccc4[nH]ncc34)nc(N3CCOCC3)c2s1. The highest BCUT2D eigenvalue weighted by Crippen LogP contribution is 2.40. The molecule has 0 aliphatic carbocycles. The van der Waals surface area contributed by atoms with Crippen LogP contribution in [0.2, 0.25) is 0 Å². The molecule has 0 spiro atoms. The van der Waals surface area contributed by atoms with Crippen LogP contribution in [0.25, 0.3) is 32.5 Å². The first-order valence-corrected chi connectivity index (χ1v) is 12.1. The molecule has 4 aromatic heterocycles. The molecular weight excluding hydrogens is 480 g/mol. The van der Waals surface area contributed by atoms with Crippen molar-refractivity contribution in [2.45, 2.75) is 0 Å². The number of nitrogens with one attached hydrogen (secondary N) is 2. The number of hydroxylamine groups is 1. The van der Waals surface area contributed by atoms with E-state index in [9.17, 15) is 4.79 Å². The van der Waals surface area contributed by atoms with Crippen LogP contribution in [0.1, 0.15) is 10.4 Å². The Balaban J connectivity index is 1.45. The Hall–Kier alpha value is -4.13. The lowest BCUT2D eigenvalue weighted by Crippen LogP contribution is -2.36. The minimum absolute atomic E-state index is 0.268. The lowest BCUT2D eigenvalue weighted by Gasteiger charge is -2.28. The molecule has 1 aliphatic heterocycles. The number of carbonyl (C=O) groups excluding carboxylic acids is 1. The highest BCUT2D eigenvalue weighted by atomic mass is 32.1. The lowest BCUT2D eigenvalue weighted by molar-refractivity contribution is 0.0706. The Bertz CT molecular complexity index is 1560. The molecule has 1 aromatic carbocycles. The van der Waals surface area contributed by atoms with Crippen molar-refractivity contribution in [2.75, 3.05) is 43.2 Å². The topological polar surface area (TPSA) is 132 Å². The summed E-state index contributed by atoms with van der Waals surface area (Å²) in [5.74, 6) is 1.57. The summed E-state index contributed by atoms with van der Waals surface area (Å²) in [4.78, 5) is 30.2. The third-order valence-electron chi connectivity index (χ3n) is 6.16. The minimum atomic E-state index is -0.607. The normalized spacial score (nSPS) is 13.9. The summed E-state index contributed by atoms with van der Waals surface area (Å²) in [5, 5.41) is 17.9. The van der Waals surface area contributed by atoms with Crippen molar-refractivity contribution in [3.8, 4) is 11.4 Å². The van der Waals surface area contributed by atoms with Crippen LogP contribution in [0.15, 0.2) is 48.8 Å². The molecule has 1 saturated heterocycles. The molecule has 1 fully saturated rings. The van der Waals surface area contributed by atoms with Crippen LogP contribution in [-0.2, 0) is 4.74 Å². The van der Waals surface area contributed by atoms with Gasteiger partial charge in [0.25, 0.3) is 5.91 Å². The average Bonchev–Trinajstić information content (AvgIpc) is 3.59. The number of benzene rings is 1. The van der Waals surface area contributed by atoms with Gasteiger partial charge in [0.2, 0.25) is 0 Å². The molecule has 5 aromatic rings. The standard InChI is InChI=1S/C24H22N8O3S/c1-31(19-6-5-14(12-25-19)24(33)30-34)20-11-18-21(36-20)23(32-7-9-35-10-8-32)28-22(27-18)15-3-2-4-17-16(15)13-26-29-17/h2-6,11-13,34H,7-10H2,1H3,(H,26,29)(H,30,33). The average molecular weight is 503 g/mol. The van der Waals surface area contributed by atoms with Gasteiger partial charge >= 0.3 is 0 Å². The molecule has 0 saturated carbocycles. The number of pyridine rings is 1. The van der Waals surface area contributed by atoms with E-state index in [4.69, 9.17) is 19.9 Å². The van der Waals surface area contributed by atoms with Crippen molar-refractivity contribution in [3.05, 3.63) is 54.4 Å². The minimum Gasteiger partial charge on any atom is -0.378 e. The van der Waals surface area contributed by atoms with Gasteiger partial charge in [-0.2, -0.15) is 5.10 Å². The van der Waals surface area contributed by atoms with E-state index in [-0.39, 0.29) is 5.56 Å². The highest BCUT2D eigenvalue weighted by Gasteiger charge is 2.22. The van der Waals surface area contributed by atoms with E-state index in [1.165, 1.54) is 6.20 Å². The quantitative estimate of drug-likeness (QED) is 0.244. The van der Waals surface area contributed by atoms with E-state index in [2.05, 4.69) is 20.1 Å². The first-order chi connectivity index (χ1) is 17.6. The van der Waals surface area contributed by atoms with Gasteiger partial charge < -0.3 is 14.5 Å². The zero-order valence-electron chi connectivity index (χ0n) is 19.3. The number of ether oxygens (including phenoxy) is 1. The molecule has 0 radical (unpaired) electrons. The van der Waals surface area contributed by atoms with Crippen LogP contribution in [-0.4, -0.2) is 69.6 Å². The fourth-order valence-electron chi connectivity index (χ4n) is 4.24. The van der Waals surface area contributed by atoms with Crippen LogP contribution >= 0.6 is 11.3 Å². The number of fused-ring (bicyclic) bond motifs is 2. The summed E-state index contributed by atoms with van der Waals surface area (Å²) in [6.07, 6.45) is 3.22. The van der Waals surface area contributed by atoms with Gasteiger partial charge in [-0.1, -0.05) is 12.1 Å². The molecule has 3 N–H and O–H groups in total. The molecule has 5 heterocycles. The number of hydrogen-bond acceptors (Lipinski definition) is 10.